The third kappa shape index (κ3) is 4.76. The predicted octanol–water partition coefficient (Wildman–Crippen LogP) is 0.220. The standard InChI is InChI=1S/C10H12F2N2O3S/c11-9(12)6(15)4-13-8(16)5-14-10(17)7-2-1-3-18-7/h1-3,6,9,15H,4-5H2,(H,13,16)(H,14,17). The Morgan fingerprint density at radius 2 is 2.11 bits per heavy atom. The zero-order valence-corrected chi connectivity index (χ0v) is 10.0. The molecular formula is C10H12F2N2O3S. The van der Waals surface area contributed by atoms with E-state index in [-0.39, 0.29) is 6.54 Å². The lowest BCUT2D eigenvalue weighted by Crippen LogP contribution is -2.41. The molecule has 1 atom stereocenters. The number of halogens is 2. The summed E-state index contributed by atoms with van der Waals surface area (Å²) in [6.07, 6.45) is -4.81. The maximum Gasteiger partial charge on any atom is 0.265 e. The molecule has 0 spiro atoms. The van der Waals surface area contributed by atoms with Gasteiger partial charge in [-0.1, -0.05) is 6.07 Å². The zero-order chi connectivity index (χ0) is 13.5. The fourth-order valence-corrected chi connectivity index (χ4v) is 1.67. The van der Waals surface area contributed by atoms with Crippen LogP contribution in [0.25, 0.3) is 0 Å². The molecule has 2 amide bonds. The molecule has 1 aromatic rings. The van der Waals surface area contributed by atoms with E-state index in [9.17, 15) is 18.4 Å². The van der Waals surface area contributed by atoms with Crippen molar-refractivity contribution in [3.05, 3.63) is 22.4 Å². The molecule has 0 fully saturated rings. The Balaban J connectivity index is 2.23. The van der Waals surface area contributed by atoms with Gasteiger partial charge >= 0.3 is 0 Å². The minimum atomic E-state index is -2.91. The van der Waals surface area contributed by atoms with Gasteiger partial charge in [-0.25, -0.2) is 8.78 Å². The normalized spacial score (nSPS) is 12.2. The molecule has 1 unspecified atom stereocenters. The Morgan fingerprint density at radius 3 is 2.67 bits per heavy atom. The van der Waals surface area contributed by atoms with Gasteiger partial charge in [-0.2, -0.15) is 0 Å². The Bertz CT molecular complexity index is 398. The zero-order valence-electron chi connectivity index (χ0n) is 9.23. The molecule has 0 radical (unpaired) electrons. The lowest BCUT2D eigenvalue weighted by molar-refractivity contribution is -0.121. The number of amides is 2. The summed E-state index contributed by atoms with van der Waals surface area (Å²) < 4.78 is 23.8. The fraction of sp³-hybridized carbons (Fsp3) is 0.400. The average Bonchev–Trinajstić information content (AvgIpc) is 2.86. The van der Waals surface area contributed by atoms with Crippen LogP contribution in [0.5, 0.6) is 0 Å². The molecular weight excluding hydrogens is 266 g/mol. The second-order valence-electron chi connectivity index (χ2n) is 3.37. The first kappa shape index (κ1) is 14.5. The SMILES string of the molecule is O=C(CNC(=O)c1cccs1)NCC(O)C(F)F. The third-order valence-corrected chi connectivity index (χ3v) is 2.82. The summed E-state index contributed by atoms with van der Waals surface area (Å²) in [5.41, 5.74) is 0. The fourth-order valence-electron chi connectivity index (χ4n) is 1.03. The summed E-state index contributed by atoms with van der Waals surface area (Å²) in [5.74, 6) is -1.05. The molecule has 0 bridgehead atoms. The van der Waals surface area contributed by atoms with Gasteiger partial charge in [-0.3, -0.25) is 9.59 Å². The summed E-state index contributed by atoms with van der Waals surface area (Å²) in [6.45, 7) is -0.877. The van der Waals surface area contributed by atoms with Crippen LogP contribution in [0, 0.1) is 0 Å². The van der Waals surface area contributed by atoms with Crippen LogP contribution >= 0.6 is 11.3 Å². The molecule has 8 heteroatoms. The van der Waals surface area contributed by atoms with Crippen molar-refractivity contribution in [1.29, 1.82) is 0 Å². The maximum atomic E-state index is 11.9. The van der Waals surface area contributed by atoms with Crippen LogP contribution in [-0.4, -0.2) is 42.5 Å². The molecule has 0 saturated heterocycles. The van der Waals surface area contributed by atoms with E-state index < -0.39 is 30.9 Å². The van der Waals surface area contributed by atoms with E-state index in [1.807, 2.05) is 0 Å². The van der Waals surface area contributed by atoms with Crippen LogP contribution in [0.3, 0.4) is 0 Å². The minimum Gasteiger partial charge on any atom is -0.385 e. The van der Waals surface area contributed by atoms with Crippen LogP contribution in [0.2, 0.25) is 0 Å². The van der Waals surface area contributed by atoms with E-state index in [1.165, 1.54) is 11.3 Å². The molecule has 0 aliphatic rings. The van der Waals surface area contributed by atoms with Gasteiger partial charge in [0.05, 0.1) is 11.4 Å². The van der Waals surface area contributed by atoms with E-state index in [2.05, 4.69) is 10.6 Å². The quantitative estimate of drug-likeness (QED) is 0.696. The van der Waals surface area contributed by atoms with E-state index >= 15 is 0 Å². The number of rotatable bonds is 6. The molecule has 1 aromatic heterocycles. The van der Waals surface area contributed by atoms with E-state index in [1.54, 1.807) is 17.5 Å². The molecule has 18 heavy (non-hydrogen) atoms. The first-order valence-corrected chi connectivity index (χ1v) is 5.93. The van der Waals surface area contributed by atoms with E-state index in [0.29, 0.717) is 4.88 Å². The number of alkyl halides is 2. The summed E-state index contributed by atoms with van der Waals surface area (Å²) in [5, 5.41) is 14.9. The smallest absolute Gasteiger partial charge is 0.265 e. The van der Waals surface area contributed by atoms with Gasteiger partial charge in [0.25, 0.3) is 12.3 Å². The van der Waals surface area contributed by atoms with Gasteiger partial charge in [0.2, 0.25) is 5.91 Å². The highest BCUT2D eigenvalue weighted by Gasteiger charge is 2.17. The Hall–Kier alpha value is -1.54. The molecule has 3 N–H and O–H groups in total. The monoisotopic (exact) mass is 278 g/mol. The molecule has 0 aliphatic carbocycles. The average molecular weight is 278 g/mol. The molecule has 0 saturated carbocycles. The largest absolute Gasteiger partial charge is 0.385 e. The molecule has 0 aliphatic heterocycles. The molecule has 100 valence electrons. The van der Waals surface area contributed by atoms with Crippen molar-refractivity contribution < 1.29 is 23.5 Å². The van der Waals surface area contributed by atoms with Crippen LogP contribution in [0.15, 0.2) is 17.5 Å². The second kappa shape index (κ2) is 7.02. The lowest BCUT2D eigenvalue weighted by Gasteiger charge is -2.10. The topological polar surface area (TPSA) is 78.4 Å². The summed E-state index contributed by atoms with van der Waals surface area (Å²) in [7, 11) is 0. The number of aliphatic hydroxyl groups excluding tert-OH is 1. The van der Waals surface area contributed by atoms with Crippen molar-refractivity contribution in [2.45, 2.75) is 12.5 Å². The number of carbonyl (C=O) groups is 2. The second-order valence-corrected chi connectivity index (χ2v) is 4.31. The number of hydrogen-bond donors (Lipinski definition) is 3. The minimum absolute atomic E-state index is 0.327. The Kier molecular flexibility index (Phi) is 5.66. The van der Waals surface area contributed by atoms with Crippen molar-refractivity contribution in [1.82, 2.24) is 10.6 Å². The van der Waals surface area contributed by atoms with Crippen molar-refractivity contribution in [3.8, 4) is 0 Å². The Morgan fingerprint density at radius 1 is 1.39 bits per heavy atom. The van der Waals surface area contributed by atoms with Crippen molar-refractivity contribution >= 4 is 23.2 Å². The highest BCUT2D eigenvalue weighted by Crippen LogP contribution is 2.07. The van der Waals surface area contributed by atoms with Crippen LogP contribution in [-0.2, 0) is 4.79 Å². The number of nitrogens with one attached hydrogen (secondary N) is 2. The first-order chi connectivity index (χ1) is 8.50. The molecule has 1 heterocycles. The number of aliphatic hydroxyl groups is 1. The highest BCUT2D eigenvalue weighted by atomic mass is 32.1. The number of thiophene rings is 1. The lowest BCUT2D eigenvalue weighted by atomic mass is 10.3. The van der Waals surface area contributed by atoms with E-state index in [4.69, 9.17) is 5.11 Å². The molecule has 0 aromatic carbocycles. The van der Waals surface area contributed by atoms with Crippen LogP contribution in [0.1, 0.15) is 9.67 Å². The van der Waals surface area contributed by atoms with Crippen LogP contribution < -0.4 is 10.6 Å². The Labute approximate surface area is 106 Å². The summed E-state index contributed by atoms with van der Waals surface area (Å²) >= 11 is 1.22. The van der Waals surface area contributed by atoms with Crippen molar-refractivity contribution in [3.63, 3.8) is 0 Å². The highest BCUT2D eigenvalue weighted by molar-refractivity contribution is 7.12. The van der Waals surface area contributed by atoms with Gasteiger partial charge in [-0.05, 0) is 11.4 Å². The van der Waals surface area contributed by atoms with Gasteiger partial charge in [-0.15, -0.1) is 11.3 Å². The van der Waals surface area contributed by atoms with Gasteiger partial charge in [0.15, 0.2) is 0 Å². The van der Waals surface area contributed by atoms with Gasteiger partial charge in [0.1, 0.15) is 6.10 Å². The summed E-state index contributed by atoms with van der Waals surface area (Å²) in [4.78, 5) is 23.0. The first-order valence-electron chi connectivity index (χ1n) is 5.05. The van der Waals surface area contributed by atoms with Gasteiger partial charge < -0.3 is 15.7 Å². The number of hydrogen-bond acceptors (Lipinski definition) is 4. The predicted molar refractivity (Wildman–Crippen MR) is 61.7 cm³/mol. The summed E-state index contributed by atoms with van der Waals surface area (Å²) in [6, 6.07) is 3.29. The third-order valence-electron chi connectivity index (χ3n) is 1.95. The van der Waals surface area contributed by atoms with E-state index in [0.717, 1.165) is 0 Å². The number of carbonyl (C=O) groups excluding carboxylic acids is 2. The maximum absolute atomic E-state index is 11.9. The molecule has 5 nitrogen and oxygen atoms in total. The van der Waals surface area contributed by atoms with Crippen LogP contribution in [0.4, 0.5) is 8.78 Å². The van der Waals surface area contributed by atoms with Gasteiger partial charge in [0, 0.05) is 6.54 Å². The molecule has 1 rings (SSSR count). The van der Waals surface area contributed by atoms with Crippen molar-refractivity contribution in [2.75, 3.05) is 13.1 Å². The van der Waals surface area contributed by atoms with Crippen molar-refractivity contribution in [2.24, 2.45) is 0 Å².